The predicted octanol–water partition coefficient (Wildman–Crippen LogP) is 6.66. The van der Waals surface area contributed by atoms with Crippen LogP contribution in [0.5, 0.6) is 5.75 Å². The summed E-state index contributed by atoms with van der Waals surface area (Å²) in [7, 11) is 0. The first-order chi connectivity index (χ1) is 17.7. The molecule has 4 rings (SSSR count). The highest BCUT2D eigenvalue weighted by atomic mass is 32.2. The van der Waals surface area contributed by atoms with E-state index in [-0.39, 0.29) is 24.0 Å². The fraction of sp³-hybridized carbons (Fsp3) is 0.267. The highest BCUT2D eigenvalue weighted by Crippen LogP contribution is 2.33. The first kappa shape index (κ1) is 26.5. The Morgan fingerprint density at radius 2 is 1.84 bits per heavy atom. The Kier molecular flexibility index (Phi) is 8.05. The lowest BCUT2D eigenvalue weighted by Gasteiger charge is -2.24. The Balaban J connectivity index is 1.63. The Labute approximate surface area is 220 Å². The highest BCUT2D eigenvalue weighted by Gasteiger charge is 2.31. The van der Waals surface area contributed by atoms with Gasteiger partial charge in [-0.2, -0.15) is 0 Å². The van der Waals surface area contributed by atoms with Gasteiger partial charge in [-0.25, -0.2) is 0 Å². The molecule has 0 fully saturated rings. The molecule has 0 spiro atoms. The summed E-state index contributed by atoms with van der Waals surface area (Å²) in [6, 6.07) is 20.9. The predicted molar refractivity (Wildman–Crippen MR) is 147 cm³/mol. The zero-order valence-corrected chi connectivity index (χ0v) is 22.3. The molecule has 192 valence electrons. The summed E-state index contributed by atoms with van der Waals surface area (Å²) in [4.78, 5) is 12.0. The van der Waals surface area contributed by atoms with Gasteiger partial charge in [0.25, 0.3) is 0 Å². The van der Waals surface area contributed by atoms with Crippen molar-refractivity contribution in [3.8, 4) is 16.9 Å². The molecule has 0 amide bonds. The maximum Gasteiger partial charge on any atom is 0.310 e. The van der Waals surface area contributed by atoms with E-state index in [1.807, 2.05) is 87.5 Å². The third kappa shape index (κ3) is 6.24. The minimum Gasteiger partial charge on any atom is -0.610 e. The zero-order chi connectivity index (χ0) is 26.6. The van der Waals surface area contributed by atoms with E-state index in [0.29, 0.717) is 17.9 Å². The SMILES string of the molecule is CCOC(=O)Cc1ccccc1OCc1cc(-c2cccc(C(=N)[S+]([O-])C(C)(C)C)c2)c2occc2c1. The molecular weight excluding hydrogens is 486 g/mol. The van der Waals surface area contributed by atoms with Crippen molar-refractivity contribution in [3.63, 3.8) is 0 Å². The van der Waals surface area contributed by atoms with E-state index in [1.165, 1.54) is 0 Å². The van der Waals surface area contributed by atoms with Gasteiger partial charge in [-0.15, -0.1) is 0 Å². The fourth-order valence-corrected chi connectivity index (χ4v) is 4.96. The topological polar surface area (TPSA) is 95.6 Å². The largest absolute Gasteiger partial charge is 0.610 e. The first-order valence-corrected chi connectivity index (χ1v) is 13.3. The number of ether oxygens (including phenoxy) is 2. The van der Waals surface area contributed by atoms with Gasteiger partial charge in [0.05, 0.1) is 19.3 Å². The second kappa shape index (κ2) is 11.2. The van der Waals surface area contributed by atoms with Gasteiger partial charge in [-0.1, -0.05) is 30.3 Å². The standard InChI is InChI=1S/C30H31NO5S/c1-5-34-27(32)18-22-9-6-7-12-26(22)36-19-20-15-23-13-14-35-28(23)25(16-20)21-10-8-11-24(17-21)29(31)37(33)30(2,3)4/h6-17,31H,5,18-19H2,1-4H3. The van der Waals surface area contributed by atoms with Crippen LogP contribution in [-0.4, -0.2) is 26.9 Å². The average molecular weight is 518 g/mol. The number of esters is 1. The quantitative estimate of drug-likeness (QED) is 0.122. The Bertz CT molecular complexity index is 1420. The number of fused-ring (bicyclic) bond motifs is 1. The van der Waals surface area contributed by atoms with Crippen LogP contribution in [-0.2, 0) is 33.7 Å². The van der Waals surface area contributed by atoms with Crippen molar-refractivity contribution in [2.45, 2.75) is 45.5 Å². The number of para-hydroxylation sites is 1. The highest BCUT2D eigenvalue weighted by molar-refractivity contribution is 8.07. The molecule has 1 N–H and O–H groups in total. The van der Waals surface area contributed by atoms with Crippen molar-refractivity contribution in [3.05, 3.63) is 89.7 Å². The first-order valence-electron chi connectivity index (χ1n) is 12.1. The zero-order valence-electron chi connectivity index (χ0n) is 21.5. The molecule has 37 heavy (non-hydrogen) atoms. The van der Waals surface area contributed by atoms with Gasteiger partial charge < -0.3 is 18.4 Å². The van der Waals surface area contributed by atoms with Gasteiger partial charge in [0.15, 0.2) is 0 Å². The van der Waals surface area contributed by atoms with Crippen LogP contribution >= 0.6 is 0 Å². The van der Waals surface area contributed by atoms with Crippen LogP contribution in [0.3, 0.4) is 0 Å². The Hall–Kier alpha value is -3.55. The second-order valence-electron chi connectivity index (χ2n) is 9.65. The molecule has 0 bridgehead atoms. The molecule has 0 radical (unpaired) electrons. The number of carbonyl (C=O) groups excluding carboxylic acids is 1. The van der Waals surface area contributed by atoms with E-state index in [9.17, 15) is 9.35 Å². The van der Waals surface area contributed by atoms with Gasteiger partial charge >= 0.3 is 5.97 Å². The Morgan fingerprint density at radius 3 is 2.59 bits per heavy atom. The number of benzene rings is 3. The maximum atomic E-state index is 12.8. The van der Waals surface area contributed by atoms with Gasteiger partial charge in [0.1, 0.15) is 22.7 Å². The summed E-state index contributed by atoms with van der Waals surface area (Å²) in [6.45, 7) is 8.00. The number of furan rings is 1. The molecule has 0 saturated heterocycles. The molecule has 1 heterocycles. The smallest absolute Gasteiger partial charge is 0.310 e. The van der Waals surface area contributed by atoms with E-state index in [0.717, 1.165) is 33.2 Å². The van der Waals surface area contributed by atoms with Crippen molar-refractivity contribution >= 4 is 33.2 Å². The van der Waals surface area contributed by atoms with Crippen molar-refractivity contribution in [1.29, 1.82) is 5.41 Å². The number of nitrogens with one attached hydrogen (secondary N) is 1. The summed E-state index contributed by atoms with van der Waals surface area (Å²) in [5.74, 6) is 0.336. The van der Waals surface area contributed by atoms with Crippen molar-refractivity contribution < 1.29 is 23.2 Å². The van der Waals surface area contributed by atoms with E-state index >= 15 is 0 Å². The number of carbonyl (C=O) groups is 1. The summed E-state index contributed by atoms with van der Waals surface area (Å²) in [5, 5.41) is 9.53. The van der Waals surface area contributed by atoms with Gasteiger partial charge in [0.2, 0.25) is 5.04 Å². The van der Waals surface area contributed by atoms with E-state index < -0.39 is 15.9 Å². The van der Waals surface area contributed by atoms with Crippen LogP contribution in [0.2, 0.25) is 0 Å². The number of hydrogen-bond donors (Lipinski definition) is 1. The monoisotopic (exact) mass is 517 g/mol. The summed E-state index contributed by atoms with van der Waals surface area (Å²) >= 11 is -1.45. The molecule has 1 atom stereocenters. The van der Waals surface area contributed by atoms with Gasteiger partial charge in [0, 0.05) is 33.3 Å². The van der Waals surface area contributed by atoms with Crippen molar-refractivity contribution in [1.82, 2.24) is 0 Å². The normalized spacial score (nSPS) is 12.4. The lowest BCUT2D eigenvalue weighted by molar-refractivity contribution is -0.142. The minimum atomic E-state index is -1.45. The molecule has 0 saturated carbocycles. The molecule has 0 aliphatic heterocycles. The third-order valence-electron chi connectivity index (χ3n) is 5.80. The van der Waals surface area contributed by atoms with Crippen molar-refractivity contribution in [2.24, 2.45) is 0 Å². The van der Waals surface area contributed by atoms with Gasteiger partial charge in [-0.3, -0.25) is 10.2 Å². The summed E-state index contributed by atoms with van der Waals surface area (Å²) in [5.41, 5.74) is 4.75. The lowest BCUT2D eigenvalue weighted by atomic mass is 9.99. The van der Waals surface area contributed by atoms with E-state index in [2.05, 4.69) is 0 Å². The number of rotatable bonds is 8. The van der Waals surface area contributed by atoms with Crippen molar-refractivity contribution in [2.75, 3.05) is 6.61 Å². The van der Waals surface area contributed by atoms with Crippen LogP contribution < -0.4 is 4.74 Å². The van der Waals surface area contributed by atoms with Crippen LogP contribution in [0.1, 0.15) is 44.4 Å². The second-order valence-corrected chi connectivity index (χ2v) is 11.8. The van der Waals surface area contributed by atoms with Crippen LogP contribution in [0.25, 0.3) is 22.1 Å². The average Bonchev–Trinajstić information content (AvgIpc) is 3.35. The Morgan fingerprint density at radius 1 is 1.05 bits per heavy atom. The van der Waals surface area contributed by atoms with Crippen LogP contribution in [0.4, 0.5) is 0 Å². The van der Waals surface area contributed by atoms with Gasteiger partial charge in [-0.05, 0) is 75.2 Å². The summed E-state index contributed by atoms with van der Waals surface area (Å²) in [6.07, 6.45) is 1.79. The molecular formula is C30H31NO5S. The molecule has 0 aliphatic carbocycles. The molecule has 0 aliphatic rings. The molecule has 3 aromatic carbocycles. The lowest BCUT2D eigenvalue weighted by Crippen LogP contribution is -2.34. The molecule has 1 aromatic heterocycles. The molecule has 6 nitrogen and oxygen atoms in total. The maximum absolute atomic E-state index is 12.8. The summed E-state index contributed by atoms with van der Waals surface area (Å²) < 4.78 is 29.3. The third-order valence-corrected chi connectivity index (χ3v) is 7.51. The van der Waals surface area contributed by atoms with Crippen LogP contribution in [0, 0.1) is 5.41 Å². The minimum absolute atomic E-state index is 0.0998. The molecule has 1 unspecified atom stereocenters. The molecule has 7 heteroatoms. The fourth-order valence-electron chi connectivity index (χ4n) is 4.00. The molecule has 4 aromatic rings. The number of hydrogen-bond acceptors (Lipinski definition) is 6. The van der Waals surface area contributed by atoms with E-state index in [4.69, 9.17) is 19.3 Å². The van der Waals surface area contributed by atoms with Crippen LogP contribution in [0.15, 0.2) is 77.4 Å². The van der Waals surface area contributed by atoms with E-state index in [1.54, 1.807) is 13.2 Å².